The van der Waals surface area contributed by atoms with Crippen molar-refractivity contribution in [2.24, 2.45) is 0 Å². The van der Waals surface area contributed by atoms with Crippen molar-refractivity contribution in [3.05, 3.63) is 35.9 Å². The molecule has 0 aliphatic carbocycles. The molecule has 7 nitrogen and oxygen atoms in total. The van der Waals surface area contributed by atoms with E-state index in [4.69, 9.17) is 21.7 Å². The number of carbonyl (C=O) groups is 3. The summed E-state index contributed by atoms with van der Waals surface area (Å²) in [6, 6.07) is 8.46. The minimum absolute atomic E-state index is 0.175. The Kier molecular flexibility index (Phi) is 7.81. The van der Waals surface area contributed by atoms with E-state index >= 15 is 0 Å². The molecule has 1 aromatic carbocycles. The molecule has 1 N–H and O–H groups in total. The predicted octanol–water partition coefficient (Wildman–Crippen LogP) is 3.63. The molecule has 8 heteroatoms. The lowest BCUT2D eigenvalue weighted by atomic mass is 9.89. The van der Waals surface area contributed by atoms with Gasteiger partial charge in [0.2, 0.25) is 5.91 Å². The summed E-state index contributed by atoms with van der Waals surface area (Å²) >= 11 is 5.53. The third-order valence-corrected chi connectivity index (χ3v) is 4.93. The van der Waals surface area contributed by atoms with Gasteiger partial charge in [-0.05, 0) is 59.9 Å². The van der Waals surface area contributed by atoms with Crippen molar-refractivity contribution in [2.45, 2.75) is 77.7 Å². The average molecular weight is 449 g/mol. The van der Waals surface area contributed by atoms with Crippen LogP contribution in [0.4, 0.5) is 4.79 Å². The van der Waals surface area contributed by atoms with Crippen LogP contribution < -0.4 is 5.32 Å². The largest absolute Gasteiger partial charge is 0.459 e. The van der Waals surface area contributed by atoms with Crippen LogP contribution in [-0.2, 0) is 19.1 Å². The number of esters is 1. The van der Waals surface area contributed by atoms with Crippen molar-refractivity contribution in [3.8, 4) is 0 Å². The van der Waals surface area contributed by atoms with Gasteiger partial charge in [0.1, 0.15) is 23.8 Å². The van der Waals surface area contributed by atoms with Crippen LogP contribution in [0.25, 0.3) is 0 Å². The molecule has 1 saturated heterocycles. The summed E-state index contributed by atoms with van der Waals surface area (Å²) in [4.78, 5) is 39.4. The topological polar surface area (TPSA) is 84.9 Å². The smallest absolute Gasteiger partial charge is 0.408 e. The van der Waals surface area contributed by atoms with Crippen molar-refractivity contribution in [1.82, 2.24) is 10.2 Å². The first-order chi connectivity index (χ1) is 14.3. The number of carbonyl (C=O) groups excluding carboxylic acids is 3. The molecule has 170 valence electrons. The summed E-state index contributed by atoms with van der Waals surface area (Å²) < 4.78 is 10.6. The Balaban J connectivity index is 2.07. The minimum atomic E-state index is -0.768. The number of amides is 2. The SMILES string of the molecule is CC(C)(C)OC(=O)CN1C(=O)C(NC(=O)OC(C)(C)C)C1CCC(=S)c1ccccc1. The fraction of sp³-hybridized carbons (Fsp3) is 0.565. The Morgan fingerprint density at radius 2 is 1.61 bits per heavy atom. The van der Waals surface area contributed by atoms with E-state index in [0.29, 0.717) is 12.8 Å². The van der Waals surface area contributed by atoms with Crippen LogP contribution in [0.1, 0.15) is 59.9 Å². The van der Waals surface area contributed by atoms with Crippen LogP contribution in [0.3, 0.4) is 0 Å². The number of benzene rings is 1. The third kappa shape index (κ3) is 7.61. The first kappa shape index (κ1) is 24.8. The summed E-state index contributed by atoms with van der Waals surface area (Å²) in [5, 5.41) is 2.64. The monoisotopic (exact) mass is 448 g/mol. The van der Waals surface area contributed by atoms with E-state index in [1.807, 2.05) is 30.3 Å². The van der Waals surface area contributed by atoms with Gasteiger partial charge in [-0.15, -0.1) is 0 Å². The number of likely N-dealkylation sites (tertiary alicyclic amines) is 1. The van der Waals surface area contributed by atoms with Crippen LogP contribution in [-0.4, -0.2) is 57.6 Å². The normalized spacial score (nSPS) is 18.8. The number of nitrogens with zero attached hydrogens (tertiary/aromatic N) is 1. The molecule has 1 fully saturated rings. The summed E-state index contributed by atoms with van der Waals surface area (Å²) in [5.41, 5.74) is -0.389. The Bertz CT molecular complexity index is 787. The maximum absolute atomic E-state index is 12.7. The quantitative estimate of drug-likeness (QED) is 0.297. The van der Waals surface area contributed by atoms with Gasteiger partial charge in [-0.1, -0.05) is 42.5 Å². The number of rotatable bonds is 7. The first-order valence-corrected chi connectivity index (χ1v) is 10.8. The Morgan fingerprint density at radius 3 is 2.16 bits per heavy atom. The molecule has 0 saturated carbocycles. The van der Waals surface area contributed by atoms with Gasteiger partial charge in [0, 0.05) is 4.86 Å². The summed E-state index contributed by atoms with van der Waals surface area (Å²) in [6.45, 7) is 10.4. The number of β-lactam (4-membered cyclic amide) rings is 1. The van der Waals surface area contributed by atoms with Crippen molar-refractivity contribution in [2.75, 3.05) is 6.54 Å². The van der Waals surface area contributed by atoms with E-state index in [0.717, 1.165) is 10.4 Å². The van der Waals surface area contributed by atoms with Crippen molar-refractivity contribution < 1.29 is 23.9 Å². The number of alkyl carbamates (subject to hydrolysis) is 1. The number of thiocarbonyl (C=S) groups is 1. The number of hydrogen-bond acceptors (Lipinski definition) is 6. The summed E-state index contributed by atoms with van der Waals surface area (Å²) in [6.07, 6.45) is 0.371. The number of nitrogens with one attached hydrogen (secondary N) is 1. The molecular weight excluding hydrogens is 416 g/mol. The van der Waals surface area contributed by atoms with Gasteiger partial charge < -0.3 is 19.7 Å². The zero-order chi connectivity index (χ0) is 23.4. The van der Waals surface area contributed by atoms with Crippen LogP contribution in [0.5, 0.6) is 0 Å². The molecule has 1 aliphatic rings. The lowest BCUT2D eigenvalue weighted by molar-refractivity contribution is -0.167. The molecule has 0 aromatic heterocycles. The first-order valence-electron chi connectivity index (χ1n) is 10.4. The maximum atomic E-state index is 12.7. The van der Waals surface area contributed by atoms with Gasteiger partial charge in [0.15, 0.2) is 0 Å². The van der Waals surface area contributed by atoms with Gasteiger partial charge >= 0.3 is 12.1 Å². The number of hydrogen-bond donors (Lipinski definition) is 1. The molecule has 0 spiro atoms. The van der Waals surface area contributed by atoms with E-state index in [-0.39, 0.29) is 18.5 Å². The maximum Gasteiger partial charge on any atom is 0.408 e. The highest BCUT2D eigenvalue weighted by Gasteiger charge is 2.49. The molecule has 2 atom stereocenters. The number of ether oxygens (including phenoxy) is 2. The Hall–Kier alpha value is -2.48. The minimum Gasteiger partial charge on any atom is -0.459 e. The van der Waals surface area contributed by atoms with Crippen molar-refractivity contribution in [3.63, 3.8) is 0 Å². The zero-order valence-electron chi connectivity index (χ0n) is 19.1. The van der Waals surface area contributed by atoms with Crippen LogP contribution in [0.2, 0.25) is 0 Å². The lowest BCUT2D eigenvalue weighted by Gasteiger charge is -2.47. The molecule has 0 bridgehead atoms. The van der Waals surface area contributed by atoms with Gasteiger partial charge in [-0.2, -0.15) is 0 Å². The van der Waals surface area contributed by atoms with E-state index in [2.05, 4.69) is 5.32 Å². The van der Waals surface area contributed by atoms with Crippen LogP contribution in [0, 0.1) is 0 Å². The third-order valence-electron chi connectivity index (χ3n) is 4.49. The second-order valence-electron chi connectivity index (χ2n) is 9.57. The molecule has 2 unspecified atom stereocenters. The molecular formula is C23H32N2O5S. The zero-order valence-corrected chi connectivity index (χ0v) is 19.9. The fourth-order valence-electron chi connectivity index (χ4n) is 3.27. The molecule has 2 rings (SSSR count). The van der Waals surface area contributed by atoms with E-state index in [1.165, 1.54) is 4.90 Å². The molecule has 1 heterocycles. The predicted molar refractivity (Wildman–Crippen MR) is 122 cm³/mol. The lowest BCUT2D eigenvalue weighted by Crippen LogP contribution is -2.71. The molecule has 0 radical (unpaired) electrons. The van der Waals surface area contributed by atoms with Crippen molar-refractivity contribution >= 4 is 35.1 Å². The highest BCUT2D eigenvalue weighted by Crippen LogP contribution is 2.26. The van der Waals surface area contributed by atoms with E-state index in [9.17, 15) is 14.4 Å². The van der Waals surface area contributed by atoms with Gasteiger partial charge in [0.05, 0.1) is 6.04 Å². The highest BCUT2D eigenvalue weighted by molar-refractivity contribution is 7.80. The molecule has 2 amide bonds. The molecule has 1 aromatic rings. The highest BCUT2D eigenvalue weighted by atomic mass is 32.1. The van der Waals surface area contributed by atoms with E-state index < -0.39 is 29.3 Å². The Labute approximate surface area is 189 Å². The molecule has 31 heavy (non-hydrogen) atoms. The average Bonchev–Trinajstić information content (AvgIpc) is 2.63. The standard InChI is InChI=1S/C23H32N2O5S/c1-22(2,3)29-18(26)14-25-16(12-13-17(31)15-10-8-7-9-11-15)19(20(25)27)24-21(28)30-23(4,5)6/h7-11,16,19H,12-14H2,1-6H3,(H,24,28). The fourth-order valence-corrected chi connectivity index (χ4v) is 3.53. The van der Waals surface area contributed by atoms with Crippen LogP contribution in [0.15, 0.2) is 30.3 Å². The van der Waals surface area contributed by atoms with Gasteiger partial charge in [-0.3, -0.25) is 9.59 Å². The van der Waals surface area contributed by atoms with Crippen LogP contribution >= 0.6 is 12.2 Å². The van der Waals surface area contributed by atoms with E-state index in [1.54, 1.807) is 41.5 Å². The Morgan fingerprint density at radius 1 is 1.03 bits per heavy atom. The summed E-state index contributed by atoms with van der Waals surface area (Å²) in [7, 11) is 0. The molecule has 1 aliphatic heterocycles. The second kappa shape index (κ2) is 9.77. The van der Waals surface area contributed by atoms with Gasteiger partial charge in [-0.25, -0.2) is 4.79 Å². The van der Waals surface area contributed by atoms with Gasteiger partial charge in [0.25, 0.3) is 0 Å². The van der Waals surface area contributed by atoms with Crippen molar-refractivity contribution in [1.29, 1.82) is 0 Å². The summed E-state index contributed by atoms with van der Waals surface area (Å²) in [5.74, 6) is -0.834. The second-order valence-corrected chi connectivity index (χ2v) is 10.1.